The van der Waals surface area contributed by atoms with Gasteiger partial charge in [0.2, 0.25) is 11.8 Å². The second-order valence-electron chi connectivity index (χ2n) is 11.3. The zero-order valence-corrected chi connectivity index (χ0v) is 23.3. The number of hydrogen-bond donors (Lipinski definition) is 5. The average Bonchev–Trinajstić information content (AvgIpc) is 3.52. The Labute approximate surface area is 223 Å². The molecule has 5 heterocycles. The molecule has 0 spiro atoms. The zero-order valence-electron chi connectivity index (χ0n) is 21.7. The molecule has 0 aliphatic carbocycles. The highest BCUT2D eigenvalue weighted by molar-refractivity contribution is 8.00. The summed E-state index contributed by atoms with van der Waals surface area (Å²) in [6.07, 6.45) is 1.80. The van der Waals surface area contributed by atoms with Gasteiger partial charge in [0, 0.05) is 70.3 Å². The molecule has 5 saturated heterocycles. The van der Waals surface area contributed by atoms with E-state index in [1.807, 2.05) is 17.0 Å². The van der Waals surface area contributed by atoms with Crippen molar-refractivity contribution in [2.75, 3.05) is 46.9 Å². The summed E-state index contributed by atoms with van der Waals surface area (Å²) < 4.78 is 5.80. The molecule has 10 nitrogen and oxygen atoms in total. The summed E-state index contributed by atoms with van der Waals surface area (Å²) in [5.41, 5.74) is 3.05. The van der Waals surface area contributed by atoms with E-state index in [2.05, 4.69) is 40.5 Å². The Hall–Kier alpha value is -0.660. The second kappa shape index (κ2) is 11.2. The smallest absolute Gasteiger partial charge is 0.228 e. The van der Waals surface area contributed by atoms with E-state index in [0.717, 1.165) is 19.4 Å². The average molecular weight is 544 g/mol. The Morgan fingerprint density at radius 3 is 2.56 bits per heavy atom. The Balaban J connectivity index is 1.17. The first kappa shape index (κ1) is 26.9. The molecular weight excluding hydrogens is 502 g/mol. The lowest BCUT2D eigenvalue weighted by molar-refractivity contribution is -0.135. The van der Waals surface area contributed by atoms with Gasteiger partial charge >= 0.3 is 0 Å². The van der Waals surface area contributed by atoms with Crippen LogP contribution in [-0.4, -0.2) is 109 Å². The third kappa shape index (κ3) is 5.40. The van der Waals surface area contributed by atoms with Gasteiger partial charge < -0.3 is 20.3 Å². The monoisotopic (exact) mass is 543 g/mol. The van der Waals surface area contributed by atoms with E-state index in [-0.39, 0.29) is 64.7 Å². The highest BCUT2D eigenvalue weighted by Gasteiger charge is 2.48. The number of amides is 2. The minimum absolute atomic E-state index is 0.00838. The van der Waals surface area contributed by atoms with Crippen LogP contribution < -0.4 is 26.7 Å². The van der Waals surface area contributed by atoms with E-state index in [9.17, 15) is 9.59 Å². The first-order valence-corrected chi connectivity index (χ1v) is 14.7. The van der Waals surface area contributed by atoms with Crippen LogP contribution >= 0.6 is 23.4 Å². The van der Waals surface area contributed by atoms with Crippen molar-refractivity contribution in [3.05, 3.63) is 0 Å². The fourth-order valence-electron chi connectivity index (χ4n) is 6.80. The van der Waals surface area contributed by atoms with Crippen LogP contribution in [0.3, 0.4) is 0 Å². The van der Waals surface area contributed by atoms with Crippen molar-refractivity contribution in [3.8, 4) is 0 Å². The number of likely N-dealkylation sites (tertiary alicyclic amines) is 1. The second-order valence-corrected chi connectivity index (χ2v) is 13.1. The first-order chi connectivity index (χ1) is 17.2. The quantitative estimate of drug-likeness (QED) is 0.233. The predicted octanol–water partition coefficient (Wildman–Crippen LogP) is -0.440. The number of halogens is 1. The summed E-state index contributed by atoms with van der Waals surface area (Å²) in [4.78, 5) is 28.7. The number of piperidine rings is 2. The maximum absolute atomic E-state index is 13.6. The highest BCUT2D eigenvalue weighted by Crippen LogP contribution is 2.38. The molecule has 2 amide bonds. The molecule has 0 aromatic carbocycles. The Morgan fingerprint density at radius 2 is 1.86 bits per heavy atom. The van der Waals surface area contributed by atoms with Crippen molar-refractivity contribution in [1.82, 2.24) is 36.6 Å². The number of thioether (sulfide) groups is 1. The van der Waals surface area contributed by atoms with Crippen molar-refractivity contribution < 1.29 is 14.3 Å². The molecule has 5 fully saturated rings. The van der Waals surface area contributed by atoms with Crippen LogP contribution in [0.15, 0.2) is 0 Å². The molecule has 0 saturated carbocycles. The Kier molecular flexibility index (Phi) is 8.39. The zero-order chi connectivity index (χ0) is 25.6. The summed E-state index contributed by atoms with van der Waals surface area (Å²) in [5, 5.41) is 16.0. The van der Waals surface area contributed by atoms with E-state index in [0.29, 0.717) is 37.5 Å². The van der Waals surface area contributed by atoms with E-state index in [4.69, 9.17) is 16.3 Å². The number of fused-ring (bicyclic) bond motifs is 1. The molecule has 0 bridgehead atoms. The molecule has 0 aromatic rings. The normalized spacial score (nSPS) is 45.6. The van der Waals surface area contributed by atoms with Crippen molar-refractivity contribution in [1.29, 1.82) is 0 Å². The van der Waals surface area contributed by atoms with Gasteiger partial charge in [-0.2, -0.15) is 0 Å². The van der Waals surface area contributed by atoms with Gasteiger partial charge in [-0.3, -0.25) is 25.6 Å². The van der Waals surface area contributed by atoms with Gasteiger partial charge in [0.1, 0.15) is 5.50 Å². The number of carbonyl (C=O) groups excluding carboxylic acids is 2. The third-order valence-corrected chi connectivity index (χ3v) is 10.8. The summed E-state index contributed by atoms with van der Waals surface area (Å²) in [5.74, 6) is 0.647. The van der Waals surface area contributed by atoms with Crippen LogP contribution in [0, 0.1) is 23.7 Å². The maximum Gasteiger partial charge on any atom is 0.228 e. The number of carbonyl (C=O) groups is 2. The van der Waals surface area contributed by atoms with Crippen LogP contribution in [-0.2, 0) is 14.3 Å². The number of ether oxygens (including phenoxy) is 1. The van der Waals surface area contributed by atoms with E-state index < -0.39 is 0 Å². The molecule has 11 atom stereocenters. The molecule has 5 aliphatic heterocycles. The summed E-state index contributed by atoms with van der Waals surface area (Å²) in [6, 6.07) is 0.753. The minimum Gasteiger partial charge on any atom is -0.380 e. The SMILES string of the molecule is COC1CNC(Cl)CC1C1CC(C)NCC1C(=O)NC1NC2CN(C(=O)C3CNN(C)C3C)CC2S1. The van der Waals surface area contributed by atoms with Crippen LogP contribution in [0.4, 0.5) is 0 Å². The molecule has 204 valence electrons. The number of methoxy groups -OCH3 is 1. The summed E-state index contributed by atoms with van der Waals surface area (Å²) in [6.45, 7) is 7.79. The number of rotatable bonds is 5. The lowest BCUT2D eigenvalue weighted by Crippen LogP contribution is -2.57. The van der Waals surface area contributed by atoms with Gasteiger partial charge in [0.25, 0.3) is 0 Å². The summed E-state index contributed by atoms with van der Waals surface area (Å²) >= 11 is 8.21. The topological polar surface area (TPSA) is 110 Å². The minimum atomic E-state index is -0.130. The highest BCUT2D eigenvalue weighted by atomic mass is 35.5. The Morgan fingerprint density at radius 1 is 1.06 bits per heavy atom. The molecule has 5 rings (SSSR count). The van der Waals surface area contributed by atoms with Crippen molar-refractivity contribution in [3.63, 3.8) is 0 Å². The molecule has 36 heavy (non-hydrogen) atoms. The number of nitrogens with zero attached hydrogens (tertiary/aromatic N) is 2. The van der Waals surface area contributed by atoms with Gasteiger partial charge in [-0.05, 0) is 38.5 Å². The largest absolute Gasteiger partial charge is 0.380 e. The molecule has 11 unspecified atom stereocenters. The Bertz CT molecular complexity index is 813. The number of alkyl halides is 1. The van der Waals surface area contributed by atoms with Crippen molar-refractivity contribution in [2.45, 2.75) is 67.2 Å². The number of nitrogens with one attached hydrogen (secondary N) is 5. The number of hydrazine groups is 1. The molecule has 0 radical (unpaired) electrons. The van der Waals surface area contributed by atoms with E-state index in [1.54, 1.807) is 18.9 Å². The van der Waals surface area contributed by atoms with Crippen LogP contribution in [0.1, 0.15) is 26.7 Å². The fraction of sp³-hybridized carbons (Fsp3) is 0.917. The van der Waals surface area contributed by atoms with Gasteiger partial charge in [0.05, 0.1) is 23.4 Å². The molecular formula is C24H42ClN7O3S. The van der Waals surface area contributed by atoms with Gasteiger partial charge in [-0.1, -0.05) is 0 Å². The molecule has 5 aliphatic rings. The maximum atomic E-state index is 13.6. The van der Waals surface area contributed by atoms with Gasteiger partial charge in [-0.25, -0.2) is 5.01 Å². The van der Waals surface area contributed by atoms with Gasteiger partial charge in [0.15, 0.2) is 0 Å². The molecule has 5 N–H and O–H groups in total. The van der Waals surface area contributed by atoms with Crippen LogP contribution in [0.25, 0.3) is 0 Å². The van der Waals surface area contributed by atoms with Crippen molar-refractivity contribution >= 4 is 35.2 Å². The summed E-state index contributed by atoms with van der Waals surface area (Å²) in [7, 11) is 3.74. The molecule has 0 aromatic heterocycles. The lowest BCUT2D eigenvalue weighted by Gasteiger charge is -2.45. The predicted molar refractivity (Wildman–Crippen MR) is 141 cm³/mol. The van der Waals surface area contributed by atoms with Gasteiger partial charge in [-0.15, -0.1) is 23.4 Å². The standard InChI is InChI=1S/C24H42ClN7O3S/c1-12-5-14(15-6-21(25)27-9-19(15)35-4)17(7-26-12)22(33)30-24-29-18-10-32(11-20(18)36-24)23(34)16-8-28-31(3)13(16)2/h12-21,24,26-29H,5-11H2,1-4H3,(H,30,33). The molecule has 12 heteroatoms. The first-order valence-electron chi connectivity index (χ1n) is 13.4. The lowest BCUT2D eigenvalue weighted by atomic mass is 9.70. The van der Waals surface area contributed by atoms with Crippen molar-refractivity contribution in [2.24, 2.45) is 23.7 Å². The van der Waals surface area contributed by atoms with E-state index >= 15 is 0 Å². The van der Waals surface area contributed by atoms with Crippen LogP contribution in [0.2, 0.25) is 0 Å². The number of hydrogen-bond acceptors (Lipinski definition) is 9. The van der Waals surface area contributed by atoms with Crippen LogP contribution in [0.5, 0.6) is 0 Å². The van der Waals surface area contributed by atoms with E-state index in [1.165, 1.54) is 0 Å². The fourth-order valence-corrected chi connectivity index (χ4v) is 8.50. The third-order valence-electron chi connectivity index (χ3n) is 9.11.